The number of H-pyrrole nitrogens is 1. The molecule has 1 saturated heterocycles. The number of fused-ring (bicyclic) bond motifs is 1. The van der Waals surface area contributed by atoms with E-state index in [0.717, 1.165) is 48.5 Å². The summed E-state index contributed by atoms with van der Waals surface area (Å²) in [7, 11) is 0. The first-order valence-electron chi connectivity index (χ1n) is 8.90. The molecule has 1 fully saturated rings. The molecular formula is C20H21ClN4O. The van der Waals surface area contributed by atoms with Crippen molar-refractivity contribution in [3.8, 4) is 0 Å². The molecule has 4 rings (SSSR count). The van der Waals surface area contributed by atoms with Gasteiger partial charge in [-0.2, -0.15) is 0 Å². The number of nitrogens with zero attached hydrogens (tertiary/aromatic N) is 2. The van der Waals surface area contributed by atoms with Crippen LogP contribution in [0.25, 0.3) is 11.0 Å². The largest absolute Gasteiger partial charge is 0.342 e. The predicted octanol–water partition coefficient (Wildman–Crippen LogP) is 4.03. The molecule has 0 aliphatic carbocycles. The number of amides is 1. The van der Waals surface area contributed by atoms with Crippen LogP contribution in [0, 0.1) is 0 Å². The third kappa shape index (κ3) is 3.89. The Bertz CT molecular complexity index is 873. The molecule has 1 aliphatic heterocycles. The highest BCUT2D eigenvalue weighted by atomic mass is 35.5. The molecule has 0 radical (unpaired) electrons. The Labute approximate surface area is 157 Å². The Morgan fingerprint density at radius 2 is 2.04 bits per heavy atom. The minimum Gasteiger partial charge on any atom is -0.342 e. The maximum atomic E-state index is 12.3. The van der Waals surface area contributed by atoms with Crippen LogP contribution in [0.1, 0.15) is 24.6 Å². The lowest BCUT2D eigenvalue weighted by Gasteiger charge is -2.31. The third-order valence-electron chi connectivity index (χ3n) is 4.80. The molecule has 0 bridgehead atoms. The van der Waals surface area contributed by atoms with Gasteiger partial charge in [0.15, 0.2) is 0 Å². The SMILES string of the molecule is O=C(CN1CCCC(c2nc3ccccc3[nH]2)C1)Nc1ccc(Cl)cc1. The lowest BCUT2D eigenvalue weighted by molar-refractivity contribution is -0.117. The van der Waals surface area contributed by atoms with Crippen LogP contribution in [0.5, 0.6) is 0 Å². The van der Waals surface area contributed by atoms with E-state index in [1.165, 1.54) is 0 Å². The van der Waals surface area contributed by atoms with Crippen molar-refractivity contribution in [3.05, 3.63) is 59.4 Å². The highest BCUT2D eigenvalue weighted by molar-refractivity contribution is 6.30. The van der Waals surface area contributed by atoms with Crippen molar-refractivity contribution in [2.45, 2.75) is 18.8 Å². The number of hydrogen-bond acceptors (Lipinski definition) is 3. The molecule has 3 aromatic rings. The predicted molar refractivity (Wildman–Crippen MR) is 105 cm³/mol. The van der Waals surface area contributed by atoms with Crippen LogP contribution in [0.2, 0.25) is 5.02 Å². The van der Waals surface area contributed by atoms with Crippen molar-refractivity contribution in [2.24, 2.45) is 0 Å². The lowest BCUT2D eigenvalue weighted by atomic mass is 9.97. The Balaban J connectivity index is 1.38. The normalized spacial score (nSPS) is 18.1. The van der Waals surface area contributed by atoms with Crippen molar-refractivity contribution < 1.29 is 4.79 Å². The van der Waals surface area contributed by atoms with Gasteiger partial charge in [-0.15, -0.1) is 0 Å². The fourth-order valence-corrected chi connectivity index (χ4v) is 3.65. The number of halogens is 1. The van der Waals surface area contributed by atoms with Gasteiger partial charge in [0.05, 0.1) is 17.6 Å². The fraction of sp³-hybridized carbons (Fsp3) is 0.300. The number of piperidine rings is 1. The summed E-state index contributed by atoms with van der Waals surface area (Å²) in [5.74, 6) is 1.35. The zero-order chi connectivity index (χ0) is 17.9. The molecule has 0 saturated carbocycles. The molecule has 1 aromatic heterocycles. The lowest BCUT2D eigenvalue weighted by Crippen LogP contribution is -2.40. The first kappa shape index (κ1) is 17.1. The maximum absolute atomic E-state index is 12.3. The van der Waals surface area contributed by atoms with Gasteiger partial charge in [-0.25, -0.2) is 4.98 Å². The summed E-state index contributed by atoms with van der Waals surface area (Å²) >= 11 is 5.88. The quantitative estimate of drug-likeness (QED) is 0.730. The Morgan fingerprint density at radius 1 is 1.23 bits per heavy atom. The van der Waals surface area contributed by atoms with E-state index in [1.54, 1.807) is 12.1 Å². The number of nitrogens with one attached hydrogen (secondary N) is 2. The molecule has 1 amide bonds. The summed E-state index contributed by atoms with van der Waals surface area (Å²) in [6, 6.07) is 15.3. The molecule has 2 aromatic carbocycles. The van der Waals surface area contributed by atoms with Crippen LogP contribution in [0.15, 0.2) is 48.5 Å². The topological polar surface area (TPSA) is 61.0 Å². The average molecular weight is 369 g/mol. The van der Waals surface area contributed by atoms with Crippen LogP contribution in [0.3, 0.4) is 0 Å². The number of rotatable bonds is 4. The highest BCUT2D eigenvalue weighted by Gasteiger charge is 2.25. The van der Waals surface area contributed by atoms with Crippen molar-refractivity contribution >= 4 is 34.2 Å². The van der Waals surface area contributed by atoms with Crippen LogP contribution in [-0.4, -0.2) is 40.4 Å². The standard InChI is InChI=1S/C20H21ClN4O/c21-15-7-9-16(10-8-15)22-19(26)13-25-11-3-4-14(12-25)20-23-17-5-1-2-6-18(17)24-20/h1-2,5-10,14H,3-4,11-13H2,(H,22,26)(H,23,24). The summed E-state index contributed by atoms with van der Waals surface area (Å²) in [6.07, 6.45) is 2.16. The van der Waals surface area contributed by atoms with Gasteiger partial charge in [-0.3, -0.25) is 9.69 Å². The molecule has 26 heavy (non-hydrogen) atoms. The fourth-order valence-electron chi connectivity index (χ4n) is 3.53. The number of imidazole rings is 1. The molecule has 1 atom stereocenters. The molecule has 2 heterocycles. The van der Waals surface area contributed by atoms with Crippen LogP contribution in [0.4, 0.5) is 5.69 Å². The highest BCUT2D eigenvalue weighted by Crippen LogP contribution is 2.26. The van der Waals surface area contributed by atoms with Gasteiger partial charge in [-0.05, 0) is 55.8 Å². The summed E-state index contributed by atoms with van der Waals surface area (Å²) in [6.45, 7) is 2.16. The van der Waals surface area contributed by atoms with E-state index in [1.807, 2.05) is 36.4 Å². The molecule has 5 nitrogen and oxygen atoms in total. The molecule has 1 aliphatic rings. The van der Waals surface area contributed by atoms with E-state index in [0.29, 0.717) is 17.5 Å². The monoisotopic (exact) mass is 368 g/mol. The second-order valence-corrected chi connectivity index (χ2v) is 7.20. The van der Waals surface area contributed by atoms with E-state index in [4.69, 9.17) is 16.6 Å². The molecule has 134 valence electrons. The number of carbonyl (C=O) groups excluding carboxylic acids is 1. The molecule has 2 N–H and O–H groups in total. The number of hydrogen-bond donors (Lipinski definition) is 2. The van der Waals surface area contributed by atoms with Crippen molar-refractivity contribution in [1.82, 2.24) is 14.9 Å². The van der Waals surface area contributed by atoms with Crippen molar-refractivity contribution in [3.63, 3.8) is 0 Å². The summed E-state index contributed by atoms with van der Waals surface area (Å²) in [5.41, 5.74) is 2.84. The molecule has 0 spiro atoms. The molecular weight excluding hydrogens is 348 g/mol. The van der Waals surface area contributed by atoms with E-state index in [2.05, 4.69) is 15.2 Å². The van der Waals surface area contributed by atoms with Gasteiger partial charge < -0.3 is 10.3 Å². The number of para-hydroxylation sites is 2. The first-order chi connectivity index (χ1) is 12.7. The number of carbonyl (C=O) groups is 1. The smallest absolute Gasteiger partial charge is 0.238 e. The van der Waals surface area contributed by atoms with Gasteiger partial charge in [-0.1, -0.05) is 23.7 Å². The minimum atomic E-state index is -0.00224. The molecule has 1 unspecified atom stereocenters. The average Bonchev–Trinajstić information content (AvgIpc) is 3.08. The van der Waals surface area contributed by atoms with Crippen molar-refractivity contribution in [1.29, 1.82) is 0 Å². The number of anilines is 1. The Morgan fingerprint density at radius 3 is 2.85 bits per heavy atom. The first-order valence-corrected chi connectivity index (χ1v) is 9.27. The second kappa shape index (κ2) is 7.48. The minimum absolute atomic E-state index is 0.00224. The number of aromatic amines is 1. The summed E-state index contributed by atoms with van der Waals surface area (Å²) in [4.78, 5) is 22.7. The number of benzene rings is 2. The number of likely N-dealkylation sites (tertiary alicyclic amines) is 1. The third-order valence-corrected chi connectivity index (χ3v) is 5.05. The van der Waals surface area contributed by atoms with Crippen LogP contribution in [-0.2, 0) is 4.79 Å². The van der Waals surface area contributed by atoms with E-state index in [9.17, 15) is 4.79 Å². The molecule has 6 heteroatoms. The van der Waals surface area contributed by atoms with Gasteiger partial charge in [0.2, 0.25) is 5.91 Å². The zero-order valence-electron chi connectivity index (χ0n) is 14.4. The summed E-state index contributed by atoms with van der Waals surface area (Å²) < 4.78 is 0. The number of aromatic nitrogens is 2. The van der Waals surface area contributed by atoms with Gasteiger partial charge in [0.25, 0.3) is 0 Å². The van der Waals surface area contributed by atoms with Crippen molar-refractivity contribution in [2.75, 3.05) is 25.0 Å². The van der Waals surface area contributed by atoms with Crippen LogP contribution >= 0.6 is 11.6 Å². The van der Waals surface area contributed by atoms with Gasteiger partial charge in [0.1, 0.15) is 5.82 Å². The van der Waals surface area contributed by atoms with E-state index < -0.39 is 0 Å². The van der Waals surface area contributed by atoms with Crippen LogP contribution < -0.4 is 5.32 Å². The van der Waals surface area contributed by atoms with Gasteiger partial charge >= 0.3 is 0 Å². The zero-order valence-corrected chi connectivity index (χ0v) is 15.2. The Kier molecular flexibility index (Phi) is 4.91. The van der Waals surface area contributed by atoms with E-state index >= 15 is 0 Å². The van der Waals surface area contributed by atoms with Gasteiger partial charge in [0, 0.05) is 23.2 Å². The second-order valence-electron chi connectivity index (χ2n) is 6.77. The maximum Gasteiger partial charge on any atom is 0.238 e. The van der Waals surface area contributed by atoms with E-state index in [-0.39, 0.29) is 5.91 Å². The Hall–Kier alpha value is -2.37. The summed E-state index contributed by atoms with van der Waals surface area (Å²) in [5, 5.41) is 3.59.